The van der Waals surface area contributed by atoms with Crippen molar-refractivity contribution in [3.8, 4) is 0 Å². The van der Waals surface area contributed by atoms with Crippen LogP contribution in [0.25, 0.3) is 0 Å². The third kappa shape index (κ3) is 4.13. The Morgan fingerprint density at radius 3 is 2.47 bits per heavy atom. The molecule has 0 aliphatic heterocycles. The third-order valence-electron chi connectivity index (χ3n) is 3.28. The van der Waals surface area contributed by atoms with Crippen molar-refractivity contribution in [3.05, 3.63) is 29.8 Å². The molecule has 3 nitrogen and oxygen atoms in total. The van der Waals surface area contributed by atoms with Gasteiger partial charge in [-0.15, -0.1) is 24.2 Å². The molecule has 19 heavy (non-hydrogen) atoms. The molecule has 0 saturated heterocycles. The Hall–Kier alpha value is -0.710. The van der Waals surface area contributed by atoms with Crippen molar-refractivity contribution in [1.29, 1.82) is 0 Å². The van der Waals surface area contributed by atoms with Crippen LogP contribution in [0.1, 0.15) is 38.3 Å². The Labute approximate surface area is 125 Å². The van der Waals surface area contributed by atoms with E-state index in [0.29, 0.717) is 0 Å². The smallest absolute Gasteiger partial charge is 0.240 e. The minimum Gasteiger partial charge on any atom is -0.348 e. The molecule has 1 saturated carbocycles. The minimum absolute atomic E-state index is 0. The summed E-state index contributed by atoms with van der Waals surface area (Å²) in [6.07, 6.45) is 1.61. The number of benzene rings is 1. The van der Waals surface area contributed by atoms with E-state index in [4.69, 9.17) is 5.73 Å². The van der Waals surface area contributed by atoms with Gasteiger partial charge in [0.2, 0.25) is 5.91 Å². The molecule has 2 rings (SSSR count). The van der Waals surface area contributed by atoms with Crippen LogP contribution in [0.4, 0.5) is 0 Å². The Bertz CT molecular complexity index is 432. The quantitative estimate of drug-likeness (QED) is 0.822. The van der Waals surface area contributed by atoms with Crippen LogP contribution in [0.5, 0.6) is 0 Å². The Morgan fingerprint density at radius 1 is 1.42 bits per heavy atom. The van der Waals surface area contributed by atoms with Crippen molar-refractivity contribution in [2.45, 2.75) is 43.2 Å². The summed E-state index contributed by atoms with van der Waals surface area (Å²) in [5.74, 6) is 1.04. The summed E-state index contributed by atoms with van der Waals surface area (Å²) in [4.78, 5) is 13.1. The predicted octanol–water partition coefficient (Wildman–Crippen LogP) is 2.89. The second-order valence-corrected chi connectivity index (χ2v) is 6.19. The molecular formula is C14H21ClN2OS. The summed E-state index contributed by atoms with van der Waals surface area (Å²) in [7, 11) is 0. The molecule has 0 aromatic heterocycles. The van der Waals surface area contributed by atoms with E-state index in [9.17, 15) is 4.79 Å². The van der Waals surface area contributed by atoms with E-state index in [2.05, 4.69) is 36.5 Å². The molecule has 0 bridgehead atoms. The molecule has 1 aromatic rings. The van der Waals surface area contributed by atoms with Crippen LogP contribution in [0, 0.1) is 0 Å². The van der Waals surface area contributed by atoms with E-state index in [1.54, 1.807) is 0 Å². The average molecular weight is 301 g/mol. The number of hydrogen-bond acceptors (Lipinski definition) is 3. The summed E-state index contributed by atoms with van der Waals surface area (Å²) in [5.41, 5.74) is 6.39. The van der Waals surface area contributed by atoms with E-state index in [-0.39, 0.29) is 24.4 Å². The maximum absolute atomic E-state index is 11.8. The summed E-state index contributed by atoms with van der Waals surface area (Å²) in [6.45, 7) is 4.13. The third-order valence-corrected chi connectivity index (χ3v) is 4.17. The summed E-state index contributed by atoms with van der Waals surface area (Å²) >= 11 is 1.82. The largest absolute Gasteiger partial charge is 0.348 e. The first-order chi connectivity index (χ1) is 8.55. The summed E-state index contributed by atoms with van der Waals surface area (Å²) in [6, 6.07) is 8.35. The van der Waals surface area contributed by atoms with E-state index < -0.39 is 5.54 Å². The molecule has 1 atom stereocenters. The lowest BCUT2D eigenvalue weighted by atomic mass is 10.1. The fourth-order valence-electron chi connectivity index (χ4n) is 1.80. The van der Waals surface area contributed by atoms with E-state index in [1.165, 1.54) is 4.90 Å². The van der Waals surface area contributed by atoms with E-state index in [1.807, 2.05) is 18.7 Å². The molecule has 0 spiro atoms. The van der Waals surface area contributed by atoms with Crippen molar-refractivity contribution in [3.63, 3.8) is 0 Å². The van der Waals surface area contributed by atoms with Gasteiger partial charge in [-0.05, 0) is 43.2 Å². The van der Waals surface area contributed by atoms with Crippen LogP contribution in [0.3, 0.4) is 0 Å². The number of hydrogen-bond donors (Lipinski definition) is 2. The fraction of sp³-hybridized carbons (Fsp3) is 0.500. The van der Waals surface area contributed by atoms with Crippen LogP contribution in [0.15, 0.2) is 29.2 Å². The lowest BCUT2D eigenvalue weighted by molar-refractivity contribution is -0.123. The molecule has 1 aliphatic carbocycles. The van der Waals surface area contributed by atoms with Crippen LogP contribution in [-0.2, 0) is 4.79 Å². The van der Waals surface area contributed by atoms with Gasteiger partial charge in [-0.25, -0.2) is 0 Å². The first kappa shape index (κ1) is 16.3. The van der Waals surface area contributed by atoms with Gasteiger partial charge < -0.3 is 11.1 Å². The molecule has 1 unspecified atom stereocenters. The molecule has 5 heteroatoms. The zero-order valence-electron chi connectivity index (χ0n) is 11.3. The molecular weight excluding hydrogens is 280 g/mol. The number of carbonyl (C=O) groups is 1. The maximum Gasteiger partial charge on any atom is 0.240 e. The van der Waals surface area contributed by atoms with Crippen LogP contribution in [0.2, 0.25) is 0 Å². The lowest BCUT2D eigenvalue weighted by Crippen LogP contribution is -2.43. The van der Waals surface area contributed by atoms with Crippen molar-refractivity contribution < 1.29 is 4.79 Å². The van der Waals surface area contributed by atoms with Gasteiger partial charge in [0.1, 0.15) is 0 Å². The number of amides is 1. The summed E-state index contributed by atoms with van der Waals surface area (Å²) in [5, 5.41) is 2.98. The van der Waals surface area contributed by atoms with Crippen molar-refractivity contribution in [1.82, 2.24) is 5.32 Å². The Morgan fingerprint density at radius 2 is 2.00 bits per heavy atom. The number of carbonyl (C=O) groups excluding carboxylic acids is 1. The number of rotatable bonds is 5. The Kier molecular flexibility index (Phi) is 5.71. The molecule has 1 fully saturated rings. The predicted molar refractivity (Wildman–Crippen MR) is 82.8 cm³/mol. The number of nitrogens with two attached hydrogens (primary N) is 1. The average Bonchev–Trinajstić information content (AvgIpc) is 3.10. The zero-order valence-corrected chi connectivity index (χ0v) is 12.9. The monoisotopic (exact) mass is 300 g/mol. The highest BCUT2D eigenvalue weighted by Crippen LogP contribution is 2.33. The number of thioether (sulfide) groups is 1. The molecule has 1 amide bonds. The first-order valence-electron chi connectivity index (χ1n) is 6.38. The van der Waals surface area contributed by atoms with Gasteiger partial charge in [-0.2, -0.15) is 0 Å². The minimum atomic E-state index is -0.591. The second-order valence-electron chi connectivity index (χ2n) is 4.85. The topological polar surface area (TPSA) is 55.1 Å². The van der Waals surface area contributed by atoms with Gasteiger partial charge in [0.15, 0.2) is 0 Å². The number of halogens is 1. The van der Waals surface area contributed by atoms with Crippen LogP contribution < -0.4 is 11.1 Å². The second kappa shape index (κ2) is 6.64. The Balaban J connectivity index is 0.00000180. The van der Waals surface area contributed by atoms with Gasteiger partial charge in [-0.3, -0.25) is 4.79 Å². The van der Waals surface area contributed by atoms with Gasteiger partial charge in [0, 0.05) is 4.90 Å². The SMILES string of the molecule is CCSc1ccc(C(C)NC(=O)C2(N)CC2)cc1.Cl. The van der Waals surface area contributed by atoms with E-state index >= 15 is 0 Å². The van der Waals surface area contributed by atoms with Crippen molar-refractivity contribution in [2.75, 3.05) is 5.75 Å². The first-order valence-corrected chi connectivity index (χ1v) is 7.36. The summed E-state index contributed by atoms with van der Waals surface area (Å²) < 4.78 is 0. The van der Waals surface area contributed by atoms with E-state index in [0.717, 1.165) is 24.2 Å². The van der Waals surface area contributed by atoms with Gasteiger partial charge in [0.25, 0.3) is 0 Å². The van der Waals surface area contributed by atoms with Gasteiger partial charge in [0.05, 0.1) is 11.6 Å². The molecule has 0 radical (unpaired) electrons. The zero-order chi connectivity index (χ0) is 13.2. The molecule has 0 heterocycles. The highest BCUT2D eigenvalue weighted by atomic mass is 35.5. The van der Waals surface area contributed by atoms with Crippen LogP contribution in [-0.4, -0.2) is 17.2 Å². The highest BCUT2D eigenvalue weighted by Gasteiger charge is 2.46. The normalized spacial score (nSPS) is 17.2. The maximum atomic E-state index is 11.8. The standard InChI is InChI=1S/C14H20N2OS.ClH/c1-3-18-12-6-4-11(5-7-12)10(2)16-13(17)14(15)8-9-14;/h4-7,10H,3,8-9,15H2,1-2H3,(H,16,17);1H. The molecule has 3 N–H and O–H groups in total. The molecule has 1 aliphatic rings. The number of nitrogens with one attached hydrogen (secondary N) is 1. The highest BCUT2D eigenvalue weighted by molar-refractivity contribution is 7.99. The molecule has 106 valence electrons. The van der Waals surface area contributed by atoms with Crippen LogP contribution >= 0.6 is 24.2 Å². The fourth-order valence-corrected chi connectivity index (χ4v) is 2.47. The lowest BCUT2D eigenvalue weighted by Gasteiger charge is -2.17. The van der Waals surface area contributed by atoms with Gasteiger partial charge in [-0.1, -0.05) is 19.1 Å². The molecule has 1 aromatic carbocycles. The van der Waals surface area contributed by atoms with Crippen molar-refractivity contribution >= 4 is 30.1 Å². The van der Waals surface area contributed by atoms with Gasteiger partial charge >= 0.3 is 0 Å². The van der Waals surface area contributed by atoms with Crippen molar-refractivity contribution in [2.24, 2.45) is 5.73 Å².